The minimum absolute atomic E-state index is 0.180. The third-order valence-electron chi connectivity index (χ3n) is 5.81. The van der Waals surface area contributed by atoms with Gasteiger partial charge in [0.1, 0.15) is 6.61 Å². The Morgan fingerprint density at radius 1 is 0.886 bits per heavy atom. The molecule has 0 atom stereocenters. The van der Waals surface area contributed by atoms with Crippen molar-refractivity contribution < 1.29 is 19.0 Å². The van der Waals surface area contributed by atoms with Gasteiger partial charge in [0.15, 0.2) is 11.5 Å². The number of hydrazine groups is 1. The summed E-state index contributed by atoms with van der Waals surface area (Å²) in [6.45, 7) is 3.61. The second kappa shape index (κ2) is 11.9. The molecule has 0 saturated carbocycles. The molecule has 1 saturated heterocycles. The molecule has 0 aromatic heterocycles. The first-order chi connectivity index (χ1) is 17.2. The Labute approximate surface area is 206 Å². The molecule has 1 fully saturated rings. The molecule has 0 spiro atoms. The van der Waals surface area contributed by atoms with Gasteiger partial charge < -0.3 is 19.1 Å². The molecule has 35 heavy (non-hydrogen) atoms. The Morgan fingerprint density at radius 2 is 1.49 bits per heavy atom. The summed E-state index contributed by atoms with van der Waals surface area (Å²) in [4.78, 5) is 14.8. The van der Waals surface area contributed by atoms with Crippen LogP contribution in [0, 0.1) is 0 Å². The normalized spacial score (nSPS) is 14.1. The zero-order valence-corrected chi connectivity index (χ0v) is 20.1. The number of para-hydroxylation sites is 1. The lowest BCUT2D eigenvalue weighted by Crippen LogP contribution is -2.53. The number of hydrogen-bond acceptors (Lipinski definition) is 6. The number of ether oxygens (including phenoxy) is 3. The summed E-state index contributed by atoms with van der Waals surface area (Å²) in [5.74, 6) is 1.42. The van der Waals surface area contributed by atoms with Crippen molar-refractivity contribution in [2.75, 3.05) is 45.3 Å². The van der Waals surface area contributed by atoms with E-state index in [1.165, 1.54) is 11.8 Å². The van der Waals surface area contributed by atoms with Crippen molar-refractivity contribution >= 4 is 17.7 Å². The van der Waals surface area contributed by atoms with Crippen LogP contribution in [0.25, 0.3) is 6.08 Å². The Bertz CT molecular complexity index is 1100. The number of rotatable bonds is 9. The summed E-state index contributed by atoms with van der Waals surface area (Å²) in [5.41, 5.74) is 5.98. The average Bonchev–Trinajstić information content (AvgIpc) is 2.92. The Hall–Kier alpha value is -3.97. The van der Waals surface area contributed by atoms with Crippen molar-refractivity contribution in [3.8, 4) is 17.2 Å². The van der Waals surface area contributed by atoms with Crippen molar-refractivity contribution in [1.82, 2.24) is 10.4 Å². The summed E-state index contributed by atoms with van der Waals surface area (Å²) >= 11 is 0. The van der Waals surface area contributed by atoms with Crippen LogP contribution in [0.4, 0.5) is 5.69 Å². The van der Waals surface area contributed by atoms with Crippen LogP contribution in [0.15, 0.2) is 78.9 Å². The largest absolute Gasteiger partial charge is 0.493 e. The lowest BCUT2D eigenvalue weighted by Gasteiger charge is -2.35. The minimum atomic E-state index is -0.180. The van der Waals surface area contributed by atoms with Gasteiger partial charge in [0.05, 0.1) is 14.2 Å². The number of methoxy groups -OCH3 is 2. The third kappa shape index (κ3) is 6.55. The molecule has 0 bridgehead atoms. The van der Waals surface area contributed by atoms with Gasteiger partial charge in [-0.05, 0) is 41.5 Å². The van der Waals surface area contributed by atoms with Gasteiger partial charge in [-0.3, -0.25) is 10.2 Å². The lowest BCUT2D eigenvalue weighted by molar-refractivity contribution is -0.121. The first-order valence-electron chi connectivity index (χ1n) is 11.6. The number of piperazine rings is 1. The zero-order valence-electron chi connectivity index (χ0n) is 20.1. The molecule has 182 valence electrons. The van der Waals surface area contributed by atoms with Crippen molar-refractivity contribution in [3.05, 3.63) is 90.0 Å². The van der Waals surface area contributed by atoms with Gasteiger partial charge in [-0.15, -0.1) is 0 Å². The smallest absolute Gasteiger partial charge is 0.258 e. The number of carbonyl (C=O) groups excluding carboxylic acids is 1. The maximum atomic E-state index is 12.5. The molecule has 1 heterocycles. The van der Waals surface area contributed by atoms with Crippen LogP contribution in [0.2, 0.25) is 0 Å². The van der Waals surface area contributed by atoms with E-state index in [-0.39, 0.29) is 5.91 Å². The molecular formula is C28H31N3O4. The van der Waals surface area contributed by atoms with E-state index in [1.54, 1.807) is 20.3 Å². The van der Waals surface area contributed by atoms with E-state index < -0.39 is 0 Å². The van der Waals surface area contributed by atoms with Gasteiger partial charge in [-0.2, -0.15) is 0 Å². The highest BCUT2D eigenvalue weighted by Gasteiger charge is 2.18. The van der Waals surface area contributed by atoms with Crippen LogP contribution >= 0.6 is 0 Å². The molecule has 1 aliphatic heterocycles. The van der Waals surface area contributed by atoms with Gasteiger partial charge >= 0.3 is 0 Å². The topological polar surface area (TPSA) is 63.3 Å². The van der Waals surface area contributed by atoms with E-state index in [1.807, 2.05) is 65.7 Å². The molecule has 7 heteroatoms. The summed E-state index contributed by atoms with van der Waals surface area (Å²) < 4.78 is 17.1. The van der Waals surface area contributed by atoms with E-state index >= 15 is 0 Å². The molecule has 0 unspecified atom stereocenters. The van der Waals surface area contributed by atoms with Crippen LogP contribution in [0.3, 0.4) is 0 Å². The van der Waals surface area contributed by atoms with Gasteiger partial charge in [0.2, 0.25) is 5.75 Å². The van der Waals surface area contributed by atoms with Crippen LogP contribution in [0.5, 0.6) is 17.2 Å². The average molecular weight is 474 g/mol. The Morgan fingerprint density at radius 3 is 2.09 bits per heavy atom. The van der Waals surface area contributed by atoms with Crippen LogP contribution in [-0.2, 0) is 11.4 Å². The van der Waals surface area contributed by atoms with Crippen molar-refractivity contribution in [1.29, 1.82) is 0 Å². The molecule has 0 radical (unpaired) electrons. The highest BCUT2D eigenvalue weighted by molar-refractivity contribution is 5.91. The maximum Gasteiger partial charge on any atom is 0.258 e. The number of anilines is 1. The highest BCUT2D eigenvalue weighted by atomic mass is 16.5. The third-order valence-corrected chi connectivity index (χ3v) is 5.81. The number of nitrogens with one attached hydrogen (secondary N) is 1. The van der Waals surface area contributed by atoms with E-state index in [9.17, 15) is 4.79 Å². The molecule has 4 rings (SSSR count). The van der Waals surface area contributed by atoms with Crippen molar-refractivity contribution in [3.63, 3.8) is 0 Å². The summed E-state index contributed by atoms with van der Waals surface area (Å²) in [5, 5.41) is 1.95. The number of amides is 1. The molecule has 1 aliphatic rings. The highest BCUT2D eigenvalue weighted by Crippen LogP contribution is 2.39. The first kappa shape index (κ1) is 24.2. The second-order valence-electron chi connectivity index (χ2n) is 8.15. The molecular weight excluding hydrogens is 442 g/mol. The second-order valence-corrected chi connectivity index (χ2v) is 8.15. The van der Waals surface area contributed by atoms with Crippen LogP contribution < -0.4 is 24.5 Å². The SMILES string of the molecule is COc1cc(C=CC(=O)NN2CCN(c3ccccc3)CC2)cc(OC)c1OCc1ccccc1. The zero-order chi connectivity index (χ0) is 24.5. The Balaban J connectivity index is 1.35. The summed E-state index contributed by atoms with van der Waals surface area (Å²) in [7, 11) is 3.17. The molecule has 7 nitrogen and oxygen atoms in total. The van der Waals surface area contributed by atoms with Gasteiger partial charge in [-0.25, -0.2) is 5.01 Å². The standard InChI is InChI=1S/C28H31N3O4/c1-33-25-19-23(20-26(34-2)28(25)35-21-22-9-5-3-6-10-22)13-14-27(32)29-31-17-15-30(16-18-31)24-11-7-4-8-12-24/h3-14,19-20H,15-18,21H2,1-2H3,(H,29,32). The molecule has 1 amide bonds. The minimum Gasteiger partial charge on any atom is -0.493 e. The molecule has 0 aliphatic carbocycles. The van der Waals surface area contributed by atoms with Gasteiger partial charge in [0.25, 0.3) is 5.91 Å². The van der Waals surface area contributed by atoms with Gasteiger partial charge in [0, 0.05) is 37.9 Å². The van der Waals surface area contributed by atoms with Crippen LogP contribution in [-0.4, -0.2) is 51.3 Å². The maximum absolute atomic E-state index is 12.5. The fourth-order valence-corrected chi connectivity index (χ4v) is 3.95. The summed E-state index contributed by atoms with van der Waals surface area (Å²) in [6.07, 6.45) is 3.25. The number of benzene rings is 3. The molecule has 1 N–H and O–H groups in total. The van der Waals surface area contributed by atoms with E-state index in [4.69, 9.17) is 14.2 Å². The number of nitrogens with zero attached hydrogens (tertiary/aromatic N) is 2. The Kier molecular flexibility index (Phi) is 8.25. The predicted octanol–water partition coefficient (Wildman–Crippen LogP) is 4.15. The van der Waals surface area contributed by atoms with E-state index in [0.717, 1.165) is 37.3 Å². The molecule has 3 aromatic rings. The first-order valence-corrected chi connectivity index (χ1v) is 11.6. The quantitative estimate of drug-likeness (QED) is 0.471. The predicted molar refractivity (Wildman–Crippen MR) is 138 cm³/mol. The summed E-state index contributed by atoms with van der Waals surface area (Å²) in [6, 6.07) is 23.9. The fraction of sp³-hybridized carbons (Fsp3) is 0.250. The van der Waals surface area contributed by atoms with Gasteiger partial charge in [-0.1, -0.05) is 48.5 Å². The lowest BCUT2D eigenvalue weighted by atomic mass is 10.1. The van der Waals surface area contributed by atoms with Crippen molar-refractivity contribution in [2.24, 2.45) is 0 Å². The number of hydrogen-bond donors (Lipinski definition) is 1. The van der Waals surface area contributed by atoms with E-state index in [0.29, 0.717) is 23.9 Å². The number of carbonyl (C=O) groups is 1. The van der Waals surface area contributed by atoms with Crippen LogP contribution in [0.1, 0.15) is 11.1 Å². The fourth-order valence-electron chi connectivity index (χ4n) is 3.95. The van der Waals surface area contributed by atoms with E-state index in [2.05, 4.69) is 22.5 Å². The monoisotopic (exact) mass is 473 g/mol. The molecule has 3 aromatic carbocycles. The van der Waals surface area contributed by atoms with Crippen molar-refractivity contribution in [2.45, 2.75) is 6.61 Å².